The summed E-state index contributed by atoms with van der Waals surface area (Å²) in [7, 11) is 0. The van der Waals surface area contributed by atoms with Crippen LogP contribution in [-0.4, -0.2) is 15.9 Å². The first-order valence-electron chi connectivity index (χ1n) is 6.03. The van der Waals surface area contributed by atoms with E-state index in [1.54, 1.807) is 6.20 Å². The summed E-state index contributed by atoms with van der Waals surface area (Å²) >= 11 is 4.92. The number of hydrogen-bond acceptors (Lipinski definition) is 3. The Labute approximate surface area is 113 Å². The largest absolute Gasteiger partial charge is 0.393 e. The Morgan fingerprint density at radius 3 is 2.89 bits per heavy atom. The van der Waals surface area contributed by atoms with Crippen LogP contribution in [0, 0.1) is 12.8 Å². The summed E-state index contributed by atoms with van der Waals surface area (Å²) in [6.07, 6.45) is 3.27. The number of amides is 1. The summed E-state index contributed by atoms with van der Waals surface area (Å²) in [4.78, 5) is 16.4. The van der Waals surface area contributed by atoms with Gasteiger partial charge in [-0.2, -0.15) is 0 Å². The lowest BCUT2D eigenvalue weighted by atomic mass is 10.0. The molecule has 0 saturated heterocycles. The molecule has 98 valence electrons. The van der Waals surface area contributed by atoms with Gasteiger partial charge in [0.1, 0.15) is 0 Å². The maximum atomic E-state index is 12.0. The SMILES string of the molecule is CCCC(C(=O)NCc1ncccc1C)C(N)=S. The van der Waals surface area contributed by atoms with Crippen molar-refractivity contribution in [2.24, 2.45) is 11.7 Å². The number of nitrogens with zero attached hydrogens (tertiary/aromatic N) is 1. The normalized spacial score (nSPS) is 11.9. The quantitative estimate of drug-likeness (QED) is 0.768. The van der Waals surface area contributed by atoms with Gasteiger partial charge < -0.3 is 11.1 Å². The fourth-order valence-electron chi connectivity index (χ4n) is 1.69. The molecule has 0 spiro atoms. The first-order valence-corrected chi connectivity index (χ1v) is 6.44. The van der Waals surface area contributed by atoms with E-state index in [0.717, 1.165) is 17.7 Å². The highest BCUT2D eigenvalue weighted by atomic mass is 32.1. The van der Waals surface area contributed by atoms with Crippen molar-refractivity contribution >= 4 is 23.1 Å². The van der Waals surface area contributed by atoms with Gasteiger partial charge in [0, 0.05) is 6.20 Å². The second-order valence-corrected chi connectivity index (χ2v) is 4.70. The van der Waals surface area contributed by atoms with Gasteiger partial charge in [0.15, 0.2) is 0 Å². The van der Waals surface area contributed by atoms with Gasteiger partial charge in [-0.15, -0.1) is 0 Å². The number of aromatic nitrogens is 1. The second kappa shape index (κ2) is 7.06. The Hall–Kier alpha value is -1.49. The fourth-order valence-corrected chi connectivity index (χ4v) is 1.91. The third-order valence-corrected chi connectivity index (χ3v) is 3.07. The van der Waals surface area contributed by atoms with Gasteiger partial charge >= 0.3 is 0 Å². The lowest BCUT2D eigenvalue weighted by Gasteiger charge is -2.14. The number of aryl methyl sites for hydroxylation is 1. The minimum Gasteiger partial charge on any atom is -0.393 e. The Morgan fingerprint density at radius 1 is 1.61 bits per heavy atom. The highest BCUT2D eigenvalue weighted by molar-refractivity contribution is 7.80. The number of carbonyl (C=O) groups is 1. The Bertz CT molecular complexity index is 434. The summed E-state index contributed by atoms with van der Waals surface area (Å²) in [6.45, 7) is 4.38. The van der Waals surface area contributed by atoms with E-state index in [4.69, 9.17) is 18.0 Å². The van der Waals surface area contributed by atoms with Crippen LogP contribution < -0.4 is 11.1 Å². The van der Waals surface area contributed by atoms with Gasteiger partial charge in [-0.25, -0.2) is 0 Å². The summed E-state index contributed by atoms with van der Waals surface area (Å²) in [5.41, 5.74) is 7.50. The molecule has 1 atom stereocenters. The highest BCUT2D eigenvalue weighted by Gasteiger charge is 2.20. The number of pyridine rings is 1. The van der Waals surface area contributed by atoms with Crippen LogP contribution in [0.15, 0.2) is 18.3 Å². The van der Waals surface area contributed by atoms with Gasteiger partial charge in [0.25, 0.3) is 0 Å². The van der Waals surface area contributed by atoms with E-state index >= 15 is 0 Å². The molecule has 1 unspecified atom stereocenters. The summed E-state index contributed by atoms with van der Waals surface area (Å²) < 4.78 is 0. The van der Waals surface area contributed by atoms with Crippen molar-refractivity contribution in [3.63, 3.8) is 0 Å². The van der Waals surface area contributed by atoms with E-state index in [0.29, 0.717) is 13.0 Å². The Balaban J connectivity index is 2.60. The molecule has 0 aromatic carbocycles. The van der Waals surface area contributed by atoms with Crippen LogP contribution in [-0.2, 0) is 11.3 Å². The lowest BCUT2D eigenvalue weighted by Crippen LogP contribution is -2.37. The summed E-state index contributed by atoms with van der Waals surface area (Å²) in [5.74, 6) is -0.497. The van der Waals surface area contributed by atoms with Gasteiger partial charge in [-0.05, 0) is 25.0 Å². The molecule has 18 heavy (non-hydrogen) atoms. The maximum Gasteiger partial charge on any atom is 0.230 e. The lowest BCUT2D eigenvalue weighted by molar-refractivity contribution is -0.123. The summed E-state index contributed by atoms with van der Waals surface area (Å²) in [6, 6.07) is 3.83. The fraction of sp³-hybridized carbons (Fsp3) is 0.462. The van der Waals surface area contributed by atoms with E-state index in [1.807, 2.05) is 26.0 Å². The molecule has 4 nitrogen and oxygen atoms in total. The minimum atomic E-state index is -0.381. The zero-order valence-corrected chi connectivity index (χ0v) is 11.6. The third-order valence-electron chi connectivity index (χ3n) is 2.79. The molecule has 0 saturated carbocycles. The Kier molecular flexibility index (Phi) is 5.71. The molecule has 0 aliphatic heterocycles. The van der Waals surface area contributed by atoms with Gasteiger partial charge in [-0.1, -0.05) is 31.6 Å². The molecule has 1 aromatic rings. The molecular formula is C13H19N3OS. The van der Waals surface area contributed by atoms with E-state index in [9.17, 15) is 4.79 Å². The van der Waals surface area contributed by atoms with Crippen molar-refractivity contribution < 1.29 is 4.79 Å². The van der Waals surface area contributed by atoms with Crippen molar-refractivity contribution in [2.75, 3.05) is 0 Å². The monoisotopic (exact) mass is 265 g/mol. The average Bonchev–Trinajstić information content (AvgIpc) is 2.34. The second-order valence-electron chi connectivity index (χ2n) is 4.23. The summed E-state index contributed by atoms with van der Waals surface area (Å²) in [5, 5.41) is 2.84. The van der Waals surface area contributed by atoms with Crippen LogP contribution in [0.5, 0.6) is 0 Å². The van der Waals surface area contributed by atoms with Crippen molar-refractivity contribution in [2.45, 2.75) is 33.2 Å². The zero-order valence-electron chi connectivity index (χ0n) is 10.8. The third kappa shape index (κ3) is 4.07. The van der Waals surface area contributed by atoms with E-state index in [2.05, 4.69) is 10.3 Å². The molecule has 0 bridgehead atoms. The van der Waals surface area contributed by atoms with E-state index < -0.39 is 0 Å². The zero-order chi connectivity index (χ0) is 13.5. The highest BCUT2D eigenvalue weighted by Crippen LogP contribution is 2.08. The van der Waals surface area contributed by atoms with Crippen LogP contribution >= 0.6 is 12.2 Å². The molecule has 0 fully saturated rings. The van der Waals surface area contributed by atoms with Crippen molar-refractivity contribution in [1.82, 2.24) is 10.3 Å². The van der Waals surface area contributed by atoms with Gasteiger partial charge in [0.05, 0.1) is 23.1 Å². The number of thiocarbonyl (C=S) groups is 1. The minimum absolute atomic E-state index is 0.116. The van der Waals surface area contributed by atoms with Crippen LogP contribution in [0.4, 0.5) is 0 Å². The maximum absolute atomic E-state index is 12.0. The number of rotatable bonds is 6. The van der Waals surface area contributed by atoms with Crippen molar-refractivity contribution in [3.05, 3.63) is 29.6 Å². The molecule has 0 aliphatic rings. The smallest absolute Gasteiger partial charge is 0.230 e. The van der Waals surface area contributed by atoms with Crippen LogP contribution in [0.3, 0.4) is 0 Å². The van der Waals surface area contributed by atoms with E-state index in [1.165, 1.54) is 0 Å². The molecule has 1 rings (SSSR count). The average molecular weight is 265 g/mol. The molecule has 3 N–H and O–H groups in total. The first-order chi connectivity index (χ1) is 8.56. The first kappa shape index (κ1) is 14.6. The molecule has 1 aromatic heterocycles. The molecule has 0 aliphatic carbocycles. The predicted molar refractivity (Wildman–Crippen MR) is 76.0 cm³/mol. The van der Waals surface area contributed by atoms with Crippen LogP contribution in [0.1, 0.15) is 31.0 Å². The molecule has 5 heteroatoms. The molecule has 1 heterocycles. The number of nitrogens with one attached hydrogen (secondary N) is 1. The van der Waals surface area contributed by atoms with Crippen molar-refractivity contribution in [3.8, 4) is 0 Å². The van der Waals surface area contributed by atoms with Crippen LogP contribution in [0.2, 0.25) is 0 Å². The molecule has 1 amide bonds. The van der Waals surface area contributed by atoms with Gasteiger partial charge in [0.2, 0.25) is 5.91 Å². The topological polar surface area (TPSA) is 68.0 Å². The predicted octanol–water partition coefficient (Wildman–Crippen LogP) is 1.71. The van der Waals surface area contributed by atoms with E-state index in [-0.39, 0.29) is 16.8 Å². The Morgan fingerprint density at radius 2 is 2.33 bits per heavy atom. The van der Waals surface area contributed by atoms with Crippen LogP contribution in [0.25, 0.3) is 0 Å². The molecule has 0 radical (unpaired) electrons. The number of carbonyl (C=O) groups excluding carboxylic acids is 1. The number of nitrogens with two attached hydrogens (primary N) is 1. The standard InChI is InChI=1S/C13H19N3OS/c1-3-5-10(12(14)18)13(17)16-8-11-9(2)6-4-7-15-11/h4,6-7,10H,3,5,8H2,1-2H3,(H2,14,18)(H,16,17). The van der Waals surface area contributed by atoms with Crippen molar-refractivity contribution in [1.29, 1.82) is 0 Å². The van der Waals surface area contributed by atoms with Gasteiger partial charge in [-0.3, -0.25) is 9.78 Å². The molecular weight excluding hydrogens is 246 g/mol. The number of hydrogen-bond donors (Lipinski definition) is 2.